The number of fused-ring (bicyclic) bond motifs is 4. The van der Waals surface area contributed by atoms with Crippen LogP contribution in [0.5, 0.6) is 0 Å². The molecule has 0 bridgehead atoms. The molecule has 0 aliphatic heterocycles. The lowest BCUT2D eigenvalue weighted by molar-refractivity contribution is 0.671. The van der Waals surface area contributed by atoms with Crippen molar-refractivity contribution in [3.05, 3.63) is 212 Å². The maximum atomic E-state index is 6.82. The van der Waals surface area contributed by atoms with E-state index in [1.807, 2.05) is 6.07 Å². The van der Waals surface area contributed by atoms with Crippen LogP contribution in [0.3, 0.4) is 0 Å². The average Bonchev–Trinajstić information content (AvgIpc) is 3.64. The normalized spacial score (nSPS) is 11.3. The van der Waals surface area contributed by atoms with Gasteiger partial charge in [-0.3, -0.25) is 0 Å². The molecule has 2 heteroatoms. The third-order valence-corrected chi connectivity index (χ3v) is 10.5. The minimum Gasteiger partial charge on any atom is -0.455 e. The molecule has 0 amide bonds. The van der Waals surface area contributed by atoms with Gasteiger partial charge < -0.3 is 9.32 Å². The van der Waals surface area contributed by atoms with Crippen molar-refractivity contribution >= 4 is 49.8 Å². The molecule has 1 heterocycles. The minimum absolute atomic E-state index is 0.895. The standard InChI is InChI=1S/C52H35NO/c1-3-13-36(14-4-1)37-27-31-42(32-28-37)53(43-33-29-40(30-34-43)46-22-10-18-38-17-7-8-21-45(38)46)44-20-9-19-41(35-44)48-24-12-26-50-49-25-11-23-47(51(49)54-52(48)50)39-15-5-2-6-16-39/h1-35H. The number of nitrogens with zero attached hydrogens (tertiary/aromatic N) is 1. The SMILES string of the molecule is c1ccc(-c2ccc(N(c3ccc(-c4cccc5ccccc45)cc3)c3cccc(-c4cccc5c4oc4c(-c6ccccc6)cccc45)c3)cc2)cc1. The number of hydrogen-bond donors (Lipinski definition) is 0. The zero-order chi connectivity index (χ0) is 35.8. The molecule has 0 aliphatic rings. The van der Waals surface area contributed by atoms with Crippen LogP contribution in [0, 0.1) is 0 Å². The summed E-state index contributed by atoms with van der Waals surface area (Å²) in [6.45, 7) is 0. The first-order valence-corrected chi connectivity index (χ1v) is 18.4. The van der Waals surface area contributed by atoms with Gasteiger partial charge in [-0.2, -0.15) is 0 Å². The molecule has 54 heavy (non-hydrogen) atoms. The first-order chi connectivity index (χ1) is 26.8. The molecule has 1 aromatic heterocycles. The van der Waals surface area contributed by atoms with Crippen molar-refractivity contribution in [3.63, 3.8) is 0 Å². The zero-order valence-electron chi connectivity index (χ0n) is 29.6. The summed E-state index contributed by atoms with van der Waals surface area (Å²) < 4.78 is 6.82. The predicted molar refractivity (Wildman–Crippen MR) is 228 cm³/mol. The highest BCUT2D eigenvalue weighted by molar-refractivity contribution is 6.13. The molecule has 0 spiro atoms. The van der Waals surface area contributed by atoms with Gasteiger partial charge in [0.1, 0.15) is 11.2 Å². The van der Waals surface area contributed by atoms with E-state index in [1.165, 1.54) is 33.0 Å². The molecular formula is C52H35NO. The van der Waals surface area contributed by atoms with Crippen molar-refractivity contribution in [2.24, 2.45) is 0 Å². The van der Waals surface area contributed by atoms with Crippen molar-refractivity contribution in [2.75, 3.05) is 4.90 Å². The van der Waals surface area contributed by atoms with Gasteiger partial charge in [0, 0.05) is 39.0 Å². The van der Waals surface area contributed by atoms with Gasteiger partial charge in [-0.05, 0) is 80.6 Å². The smallest absolute Gasteiger partial charge is 0.143 e. The van der Waals surface area contributed by atoms with E-state index >= 15 is 0 Å². The van der Waals surface area contributed by atoms with Crippen molar-refractivity contribution < 1.29 is 4.42 Å². The molecule has 0 unspecified atom stereocenters. The number of benzene rings is 9. The van der Waals surface area contributed by atoms with Crippen LogP contribution in [-0.2, 0) is 0 Å². The number of hydrogen-bond acceptors (Lipinski definition) is 2. The summed E-state index contributed by atoms with van der Waals surface area (Å²) in [4.78, 5) is 2.34. The zero-order valence-corrected chi connectivity index (χ0v) is 29.6. The summed E-state index contributed by atoms with van der Waals surface area (Å²) in [5.41, 5.74) is 14.2. The topological polar surface area (TPSA) is 16.4 Å². The van der Waals surface area contributed by atoms with Crippen LogP contribution >= 0.6 is 0 Å². The van der Waals surface area contributed by atoms with Gasteiger partial charge in [0.2, 0.25) is 0 Å². The van der Waals surface area contributed by atoms with Gasteiger partial charge in [-0.25, -0.2) is 0 Å². The Morgan fingerprint density at radius 3 is 1.41 bits per heavy atom. The molecule has 0 saturated heterocycles. The van der Waals surface area contributed by atoms with E-state index in [2.05, 4.69) is 211 Å². The summed E-state index contributed by atoms with van der Waals surface area (Å²) >= 11 is 0. The molecular weight excluding hydrogens is 655 g/mol. The van der Waals surface area contributed by atoms with Gasteiger partial charge in [-0.15, -0.1) is 0 Å². The maximum absolute atomic E-state index is 6.82. The predicted octanol–water partition coefficient (Wildman–Crippen LogP) is 14.9. The number of rotatable bonds is 7. The Hall–Kier alpha value is -7.16. The first-order valence-electron chi connectivity index (χ1n) is 18.4. The second kappa shape index (κ2) is 13.4. The second-order valence-electron chi connectivity index (χ2n) is 13.7. The van der Waals surface area contributed by atoms with Crippen LogP contribution in [0.1, 0.15) is 0 Å². The fourth-order valence-electron chi connectivity index (χ4n) is 7.85. The summed E-state index contributed by atoms with van der Waals surface area (Å²) in [6.07, 6.45) is 0. The van der Waals surface area contributed by atoms with Gasteiger partial charge >= 0.3 is 0 Å². The van der Waals surface area contributed by atoms with Crippen LogP contribution in [0.15, 0.2) is 217 Å². The molecule has 0 atom stereocenters. The Labute approximate surface area is 314 Å². The third kappa shape index (κ3) is 5.62. The van der Waals surface area contributed by atoms with Gasteiger partial charge in [-0.1, -0.05) is 176 Å². The number of para-hydroxylation sites is 2. The number of furan rings is 1. The van der Waals surface area contributed by atoms with E-state index in [-0.39, 0.29) is 0 Å². The highest BCUT2D eigenvalue weighted by Gasteiger charge is 2.18. The highest BCUT2D eigenvalue weighted by atomic mass is 16.3. The largest absolute Gasteiger partial charge is 0.455 e. The molecule has 0 saturated carbocycles. The Balaban J connectivity index is 1.09. The molecule has 254 valence electrons. The minimum atomic E-state index is 0.895. The van der Waals surface area contributed by atoms with E-state index in [0.717, 1.165) is 61.3 Å². The maximum Gasteiger partial charge on any atom is 0.143 e. The summed E-state index contributed by atoms with van der Waals surface area (Å²) in [5, 5.41) is 4.73. The lowest BCUT2D eigenvalue weighted by Gasteiger charge is -2.26. The Bertz CT molecular complexity index is 2900. The molecule has 10 rings (SSSR count). The number of anilines is 3. The summed E-state index contributed by atoms with van der Waals surface area (Å²) in [6, 6.07) is 75.7. The van der Waals surface area contributed by atoms with Crippen LogP contribution in [-0.4, -0.2) is 0 Å². The van der Waals surface area contributed by atoms with E-state index in [9.17, 15) is 0 Å². The first kappa shape index (κ1) is 31.6. The monoisotopic (exact) mass is 689 g/mol. The van der Waals surface area contributed by atoms with E-state index < -0.39 is 0 Å². The van der Waals surface area contributed by atoms with Crippen LogP contribution in [0.2, 0.25) is 0 Å². The Morgan fingerprint density at radius 1 is 0.278 bits per heavy atom. The van der Waals surface area contributed by atoms with Gasteiger partial charge in [0.05, 0.1) is 0 Å². The van der Waals surface area contributed by atoms with Crippen molar-refractivity contribution in [1.82, 2.24) is 0 Å². The van der Waals surface area contributed by atoms with Gasteiger partial charge in [0.25, 0.3) is 0 Å². The average molecular weight is 690 g/mol. The van der Waals surface area contributed by atoms with Crippen LogP contribution < -0.4 is 4.90 Å². The molecule has 9 aromatic carbocycles. The van der Waals surface area contributed by atoms with Crippen LogP contribution in [0.4, 0.5) is 17.1 Å². The molecule has 2 nitrogen and oxygen atoms in total. The van der Waals surface area contributed by atoms with Gasteiger partial charge in [0.15, 0.2) is 0 Å². The highest BCUT2D eigenvalue weighted by Crippen LogP contribution is 2.43. The summed E-state index contributed by atoms with van der Waals surface area (Å²) in [5.74, 6) is 0. The fraction of sp³-hybridized carbons (Fsp3) is 0. The van der Waals surface area contributed by atoms with Crippen LogP contribution in [0.25, 0.3) is 77.2 Å². The lowest BCUT2D eigenvalue weighted by Crippen LogP contribution is -2.10. The van der Waals surface area contributed by atoms with E-state index in [1.54, 1.807) is 0 Å². The van der Waals surface area contributed by atoms with Crippen molar-refractivity contribution in [3.8, 4) is 44.5 Å². The van der Waals surface area contributed by atoms with Crippen molar-refractivity contribution in [2.45, 2.75) is 0 Å². The van der Waals surface area contributed by atoms with Crippen molar-refractivity contribution in [1.29, 1.82) is 0 Å². The molecule has 10 aromatic rings. The molecule has 0 fully saturated rings. The molecule has 0 N–H and O–H groups in total. The lowest BCUT2D eigenvalue weighted by atomic mass is 9.98. The molecule has 0 aliphatic carbocycles. The Kier molecular flexibility index (Phi) is 7.85. The van der Waals surface area contributed by atoms with E-state index in [0.29, 0.717) is 0 Å². The third-order valence-electron chi connectivity index (χ3n) is 10.5. The quantitative estimate of drug-likeness (QED) is 0.166. The Morgan fingerprint density at radius 2 is 0.722 bits per heavy atom. The fourth-order valence-corrected chi connectivity index (χ4v) is 7.85. The summed E-state index contributed by atoms with van der Waals surface area (Å²) in [7, 11) is 0. The van der Waals surface area contributed by atoms with E-state index in [4.69, 9.17) is 4.42 Å². The molecule has 0 radical (unpaired) electrons. The second-order valence-corrected chi connectivity index (χ2v) is 13.7.